The molecule has 0 radical (unpaired) electrons. The molecule has 1 N–H and O–H groups in total. The van der Waals surface area contributed by atoms with Gasteiger partial charge in [-0.15, -0.1) is 0 Å². The Morgan fingerprint density at radius 1 is 1.44 bits per heavy atom. The predicted octanol–water partition coefficient (Wildman–Crippen LogP) is 3.13. The van der Waals surface area contributed by atoms with Crippen molar-refractivity contribution in [2.75, 3.05) is 7.05 Å². The van der Waals surface area contributed by atoms with Crippen molar-refractivity contribution in [3.05, 3.63) is 29.6 Å². The number of hydrogen-bond acceptors (Lipinski definition) is 2. The molecular formula is C13H17F3N2. The predicted molar refractivity (Wildman–Crippen MR) is 63.3 cm³/mol. The van der Waals surface area contributed by atoms with E-state index in [2.05, 4.69) is 10.3 Å². The number of nitrogens with one attached hydrogen (secondary N) is 1. The fourth-order valence-electron chi connectivity index (χ4n) is 2.85. The highest BCUT2D eigenvalue weighted by Crippen LogP contribution is 2.45. The minimum Gasteiger partial charge on any atom is -0.317 e. The largest absolute Gasteiger partial charge is 0.416 e. The Balaban J connectivity index is 2.40. The first-order valence-electron chi connectivity index (χ1n) is 6.06. The number of hydrogen-bond donors (Lipinski definition) is 1. The zero-order chi connectivity index (χ0) is 13.4. The maximum Gasteiger partial charge on any atom is 0.416 e. The minimum absolute atomic E-state index is 0.288. The lowest BCUT2D eigenvalue weighted by atomic mass is 9.79. The molecule has 1 heterocycles. The lowest BCUT2D eigenvalue weighted by Gasteiger charge is -2.27. The highest BCUT2D eigenvalue weighted by molar-refractivity contribution is 5.34. The minimum atomic E-state index is -4.31. The Hall–Kier alpha value is -1.10. The van der Waals surface area contributed by atoms with Gasteiger partial charge in [0.05, 0.1) is 5.56 Å². The van der Waals surface area contributed by atoms with Gasteiger partial charge in [-0.2, -0.15) is 13.2 Å². The Bertz CT molecular complexity index is 430. The molecule has 2 unspecified atom stereocenters. The van der Waals surface area contributed by atoms with Gasteiger partial charge in [-0.05, 0) is 43.4 Å². The van der Waals surface area contributed by atoms with E-state index in [0.29, 0.717) is 5.56 Å². The van der Waals surface area contributed by atoms with Crippen molar-refractivity contribution < 1.29 is 13.2 Å². The Labute approximate surface area is 105 Å². The molecule has 5 heteroatoms. The zero-order valence-electron chi connectivity index (χ0n) is 10.5. The molecule has 0 bridgehead atoms. The topological polar surface area (TPSA) is 24.9 Å². The van der Waals surface area contributed by atoms with Crippen LogP contribution in [0.3, 0.4) is 0 Å². The molecule has 2 nitrogen and oxygen atoms in total. The summed E-state index contributed by atoms with van der Waals surface area (Å²) in [5.41, 5.74) is -0.653. The van der Waals surface area contributed by atoms with Crippen molar-refractivity contribution in [3.8, 4) is 0 Å². The summed E-state index contributed by atoms with van der Waals surface area (Å²) in [5, 5.41) is 3.15. The summed E-state index contributed by atoms with van der Waals surface area (Å²) in [6.07, 6.45) is 0.658. The van der Waals surface area contributed by atoms with Crippen LogP contribution >= 0.6 is 0 Å². The van der Waals surface area contributed by atoms with Crippen LogP contribution in [-0.4, -0.2) is 18.1 Å². The quantitative estimate of drug-likeness (QED) is 0.881. The van der Waals surface area contributed by atoms with Crippen LogP contribution in [0.1, 0.15) is 37.3 Å². The highest BCUT2D eigenvalue weighted by atomic mass is 19.4. The molecule has 1 aromatic heterocycles. The van der Waals surface area contributed by atoms with E-state index in [0.717, 1.165) is 25.3 Å². The fraction of sp³-hybridized carbons (Fsp3) is 0.615. The van der Waals surface area contributed by atoms with Gasteiger partial charge in [-0.1, -0.05) is 6.92 Å². The maximum absolute atomic E-state index is 13.0. The molecule has 0 spiro atoms. The van der Waals surface area contributed by atoms with Gasteiger partial charge >= 0.3 is 6.18 Å². The third-order valence-corrected chi connectivity index (χ3v) is 3.93. The van der Waals surface area contributed by atoms with Crippen molar-refractivity contribution in [1.29, 1.82) is 0 Å². The van der Waals surface area contributed by atoms with Gasteiger partial charge in [0.15, 0.2) is 0 Å². The molecule has 18 heavy (non-hydrogen) atoms. The van der Waals surface area contributed by atoms with Crippen LogP contribution in [0.5, 0.6) is 0 Å². The van der Waals surface area contributed by atoms with Crippen LogP contribution in [-0.2, 0) is 11.6 Å². The van der Waals surface area contributed by atoms with Crippen LogP contribution in [0, 0.1) is 0 Å². The zero-order valence-corrected chi connectivity index (χ0v) is 10.5. The van der Waals surface area contributed by atoms with Gasteiger partial charge in [0.1, 0.15) is 0 Å². The molecule has 2 atom stereocenters. The van der Waals surface area contributed by atoms with Crippen molar-refractivity contribution >= 4 is 0 Å². The average Bonchev–Trinajstić information content (AvgIpc) is 2.71. The molecule has 2 rings (SSSR count). The molecule has 1 aromatic rings. The SMILES string of the molecule is CNC1CCC(C)(c2cnccc2C(F)(F)F)C1. The Morgan fingerprint density at radius 2 is 2.17 bits per heavy atom. The van der Waals surface area contributed by atoms with E-state index in [4.69, 9.17) is 0 Å². The monoisotopic (exact) mass is 258 g/mol. The van der Waals surface area contributed by atoms with Crippen LogP contribution < -0.4 is 5.32 Å². The smallest absolute Gasteiger partial charge is 0.317 e. The summed E-state index contributed by atoms with van der Waals surface area (Å²) >= 11 is 0. The third kappa shape index (κ3) is 2.36. The molecule has 1 fully saturated rings. The summed E-state index contributed by atoms with van der Waals surface area (Å²) in [5.74, 6) is 0. The van der Waals surface area contributed by atoms with Crippen LogP contribution in [0.2, 0.25) is 0 Å². The standard InChI is InChI=1S/C13H17F3N2/c1-12(5-3-9(7-12)17-2)11-8-18-6-4-10(11)13(14,15)16/h4,6,8-9,17H,3,5,7H2,1-2H3. The Kier molecular flexibility index (Phi) is 3.36. The van der Waals surface area contributed by atoms with Crippen LogP contribution in [0.15, 0.2) is 18.5 Å². The van der Waals surface area contributed by atoms with Gasteiger partial charge in [0.25, 0.3) is 0 Å². The molecule has 0 amide bonds. The van der Waals surface area contributed by atoms with Gasteiger partial charge < -0.3 is 5.32 Å². The highest BCUT2D eigenvalue weighted by Gasteiger charge is 2.43. The summed E-state index contributed by atoms with van der Waals surface area (Å²) in [6.45, 7) is 1.90. The van der Waals surface area contributed by atoms with E-state index < -0.39 is 17.2 Å². The second-order valence-corrected chi connectivity index (χ2v) is 5.21. The Morgan fingerprint density at radius 3 is 2.72 bits per heavy atom. The number of rotatable bonds is 2. The number of alkyl halides is 3. The first-order chi connectivity index (χ1) is 8.37. The third-order valence-electron chi connectivity index (χ3n) is 3.93. The first kappa shape index (κ1) is 13.3. The lowest BCUT2D eigenvalue weighted by Crippen LogP contribution is -2.28. The molecule has 0 saturated heterocycles. The van der Waals surface area contributed by atoms with Gasteiger partial charge in [0.2, 0.25) is 0 Å². The second kappa shape index (κ2) is 4.53. The normalized spacial score (nSPS) is 28.6. The summed E-state index contributed by atoms with van der Waals surface area (Å²) in [4.78, 5) is 3.88. The molecule has 0 aromatic carbocycles. The van der Waals surface area contributed by atoms with Crippen molar-refractivity contribution in [1.82, 2.24) is 10.3 Å². The van der Waals surface area contributed by atoms with Crippen LogP contribution in [0.25, 0.3) is 0 Å². The summed E-state index contributed by atoms with van der Waals surface area (Å²) < 4.78 is 39.0. The van der Waals surface area contributed by atoms with Gasteiger partial charge in [-0.25, -0.2) is 0 Å². The molecule has 1 aliphatic carbocycles. The van der Waals surface area contributed by atoms with E-state index in [9.17, 15) is 13.2 Å². The van der Waals surface area contributed by atoms with E-state index in [1.165, 1.54) is 12.4 Å². The maximum atomic E-state index is 13.0. The van der Waals surface area contributed by atoms with Gasteiger partial charge in [-0.3, -0.25) is 4.98 Å². The number of halogens is 3. The summed E-state index contributed by atoms with van der Waals surface area (Å²) in [6, 6.07) is 1.36. The molecular weight excluding hydrogens is 241 g/mol. The molecule has 1 saturated carbocycles. The van der Waals surface area contributed by atoms with Crippen molar-refractivity contribution in [2.45, 2.75) is 43.8 Å². The number of nitrogens with zero attached hydrogens (tertiary/aromatic N) is 1. The summed E-state index contributed by atoms with van der Waals surface area (Å²) in [7, 11) is 1.85. The van der Waals surface area contributed by atoms with E-state index in [1.807, 2.05) is 14.0 Å². The fourth-order valence-corrected chi connectivity index (χ4v) is 2.85. The number of pyridine rings is 1. The van der Waals surface area contributed by atoms with Crippen molar-refractivity contribution in [3.63, 3.8) is 0 Å². The first-order valence-corrected chi connectivity index (χ1v) is 6.06. The average molecular weight is 258 g/mol. The van der Waals surface area contributed by atoms with Gasteiger partial charge in [0, 0.05) is 18.4 Å². The molecule has 100 valence electrons. The van der Waals surface area contributed by atoms with Crippen molar-refractivity contribution in [2.24, 2.45) is 0 Å². The second-order valence-electron chi connectivity index (χ2n) is 5.21. The lowest BCUT2D eigenvalue weighted by molar-refractivity contribution is -0.138. The van der Waals surface area contributed by atoms with Crippen LogP contribution in [0.4, 0.5) is 13.2 Å². The molecule has 1 aliphatic rings. The van der Waals surface area contributed by atoms with E-state index in [-0.39, 0.29) is 6.04 Å². The van der Waals surface area contributed by atoms with E-state index in [1.54, 1.807) is 0 Å². The molecule has 0 aliphatic heterocycles. The number of aromatic nitrogens is 1. The van der Waals surface area contributed by atoms with E-state index >= 15 is 0 Å².